The lowest BCUT2D eigenvalue weighted by Crippen LogP contribution is -3.00. The fourth-order valence-electron chi connectivity index (χ4n) is 4.79. The first kappa shape index (κ1) is 28.3. The van der Waals surface area contributed by atoms with Crippen LogP contribution in [0, 0.1) is 6.92 Å². The number of hydrogen-bond donors (Lipinski definition) is 3. The number of rotatable bonds is 8. The van der Waals surface area contributed by atoms with Crippen LogP contribution in [0.5, 0.6) is 5.75 Å². The second-order valence-electron chi connectivity index (χ2n) is 9.87. The number of carboxylic acid groups (broad SMARTS) is 1. The van der Waals surface area contributed by atoms with E-state index in [0.29, 0.717) is 17.5 Å². The Balaban J connectivity index is 0.00000361. The first-order valence-electron chi connectivity index (χ1n) is 11.3. The van der Waals surface area contributed by atoms with Crippen molar-refractivity contribution in [2.75, 3.05) is 12.9 Å². The minimum atomic E-state index is -1.01. The molecule has 0 radical (unpaired) electrons. The van der Waals surface area contributed by atoms with E-state index in [1.54, 1.807) is 7.11 Å². The highest BCUT2D eigenvalue weighted by molar-refractivity contribution is 8.76. The van der Waals surface area contributed by atoms with E-state index < -0.39 is 22.8 Å². The van der Waals surface area contributed by atoms with Crippen molar-refractivity contribution in [2.24, 2.45) is 5.73 Å². The van der Waals surface area contributed by atoms with Crippen LogP contribution in [-0.2, 0) is 26.2 Å². The van der Waals surface area contributed by atoms with Crippen LogP contribution < -0.4 is 27.4 Å². The number of pyridine rings is 1. The minimum absolute atomic E-state index is 0. The molecular weight excluding hydrogens is 520 g/mol. The second-order valence-corrected chi connectivity index (χ2v) is 12.4. The van der Waals surface area contributed by atoms with Crippen molar-refractivity contribution in [3.8, 4) is 11.7 Å². The number of methoxy groups -OCH3 is 1. The Hall–Kier alpha value is -2.27. The number of H-pyrrole nitrogens is 1. The van der Waals surface area contributed by atoms with Crippen molar-refractivity contribution in [1.82, 2.24) is 9.97 Å². The van der Waals surface area contributed by atoms with Gasteiger partial charge in [-0.05, 0) is 57.9 Å². The second kappa shape index (κ2) is 10.2. The Labute approximate surface area is 224 Å². The average Bonchev–Trinajstić information content (AvgIpc) is 3.28. The molecule has 0 amide bonds. The molecule has 4 N–H and O–H groups in total. The molecule has 11 heteroatoms. The predicted molar refractivity (Wildman–Crippen MR) is 139 cm³/mol. The number of Topliss-reactive ketones (excluding diaryl/α,β-unsaturated/α-hetero) is 1. The number of carboxylic acids is 1. The molecule has 2 heterocycles. The van der Waals surface area contributed by atoms with Gasteiger partial charge in [0.1, 0.15) is 23.0 Å². The van der Waals surface area contributed by atoms with Gasteiger partial charge in [0.25, 0.3) is 0 Å². The molecule has 0 saturated carbocycles. The van der Waals surface area contributed by atoms with Crippen molar-refractivity contribution < 1.29 is 36.4 Å². The molecule has 3 aromatic rings. The highest BCUT2D eigenvalue weighted by Crippen LogP contribution is 2.47. The number of ketones is 1. The van der Waals surface area contributed by atoms with Gasteiger partial charge in [0, 0.05) is 28.2 Å². The van der Waals surface area contributed by atoms with Gasteiger partial charge in [-0.1, -0.05) is 26.6 Å². The van der Waals surface area contributed by atoms with Crippen LogP contribution in [0.4, 0.5) is 0 Å². The molecule has 1 aliphatic carbocycles. The Kier molecular flexibility index (Phi) is 8.05. The zero-order chi connectivity index (χ0) is 25.7. The SMILES string of the molecule is COc1cc[n+](-c2nc3cc4c(cc3[nH]2)C(C)(C)C(=O)C4(C)C)c(CSSC[C@H](N)C(=O)O)c1C.[Cl-]. The first-order valence-corrected chi connectivity index (χ1v) is 13.8. The lowest BCUT2D eigenvalue weighted by atomic mass is 9.80. The molecule has 0 unspecified atom stereocenters. The van der Waals surface area contributed by atoms with E-state index in [4.69, 9.17) is 20.6 Å². The fourth-order valence-corrected chi connectivity index (χ4v) is 7.03. The van der Waals surface area contributed by atoms with Gasteiger partial charge in [0.2, 0.25) is 0 Å². The number of halogens is 1. The van der Waals surface area contributed by atoms with Gasteiger partial charge < -0.3 is 28.0 Å². The number of aliphatic carboxylic acids is 1. The molecular formula is C25H31ClN4O4S2. The molecule has 1 aromatic carbocycles. The van der Waals surface area contributed by atoms with Gasteiger partial charge in [-0.25, -0.2) is 9.55 Å². The third-order valence-corrected chi connectivity index (χ3v) is 9.17. The summed E-state index contributed by atoms with van der Waals surface area (Å²) in [6.45, 7) is 9.92. The average molecular weight is 551 g/mol. The quantitative estimate of drug-likeness (QED) is 0.212. The Morgan fingerprint density at radius 2 is 1.86 bits per heavy atom. The molecule has 2 aromatic heterocycles. The summed E-state index contributed by atoms with van der Waals surface area (Å²) in [7, 11) is 4.60. The summed E-state index contributed by atoms with van der Waals surface area (Å²) in [5, 5.41) is 9.01. The maximum absolute atomic E-state index is 13.1. The fraction of sp³-hybridized carbons (Fsp3) is 0.440. The number of carbonyl (C=O) groups excluding carboxylic acids is 1. The lowest BCUT2D eigenvalue weighted by molar-refractivity contribution is -0.610. The number of benzene rings is 1. The number of imidazole rings is 1. The highest BCUT2D eigenvalue weighted by Gasteiger charge is 2.50. The highest BCUT2D eigenvalue weighted by atomic mass is 35.5. The van der Waals surface area contributed by atoms with E-state index in [9.17, 15) is 9.59 Å². The van der Waals surface area contributed by atoms with Crippen LogP contribution in [0.2, 0.25) is 0 Å². The summed E-state index contributed by atoms with van der Waals surface area (Å²) in [5.41, 5.74) is 10.2. The Morgan fingerprint density at radius 1 is 1.22 bits per heavy atom. The van der Waals surface area contributed by atoms with E-state index in [1.165, 1.54) is 21.6 Å². The number of nitrogens with one attached hydrogen (secondary N) is 1. The minimum Gasteiger partial charge on any atom is -1.00 e. The molecule has 8 nitrogen and oxygen atoms in total. The van der Waals surface area contributed by atoms with E-state index in [1.807, 2.05) is 57.5 Å². The lowest BCUT2D eigenvalue weighted by Gasteiger charge is -2.21. The molecule has 1 aliphatic rings. The Morgan fingerprint density at radius 3 is 2.47 bits per heavy atom. The summed E-state index contributed by atoms with van der Waals surface area (Å²) in [6, 6.07) is 5.09. The van der Waals surface area contributed by atoms with Crippen molar-refractivity contribution in [1.29, 1.82) is 0 Å². The standard InChI is InChI=1S/C25H30N4O4S2.ClH/c1-13-19(12-35-34-11-16(26)21(30)31)29(8-7-20(13)33-6)23-27-17-9-14-15(10-18(17)28-23)25(4,5)22(32)24(14,2)3;/h7-10,16H,11-12,26H2,1-6H3,(H-,27,28,30,31);1H/t16-;/m0./s1. The number of hydrogen-bond acceptors (Lipinski definition) is 7. The van der Waals surface area contributed by atoms with Gasteiger partial charge in [-0.3, -0.25) is 9.59 Å². The largest absolute Gasteiger partial charge is 1.00 e. The van der Waals surface area contributed by atoms with Crippen LogP contribution in [-0.4, -0.2) is 45.7 Å². The normalized spacial score (nSPS) is 16.5. The first-order chi connectivity index (χ1) is 16.4. The molecule has 0 saturated heterocycles. The predicted octanol–water partition coefficient (Wildman–Crippen LogP) is 0.592. The number of nitrogens with two attached hydrogens (primary N) is 1. The Bertz CT molecular complexity index is 1280. The summed E-state index contributed by atoms with van der Waals surface area (Å²) in [4.78, 5) is 32.4. The van der Waals surface area contributed by atoms with Crippen LogP contribution in [0.3, 0.4) is 0 Å². The molecule has 4 rings (SSSR count). The number of aromatic amines is 1. The van der Waals surface area contributed by atoms with E-state index in [2.05, 4.69) is 11.1 Å². The maximum Gasteiger partial charge on any atom is 0.402 e. The van der Waals surface area contributed by atoms with Gasteiger partial charge >= 0.3 is 11.9 Å². The number of carbonyl (C=O) groups is 2. The van der Waals surface area contributed by atoms with Crippen LogP contribution >= 0.6 is 21.6 Å². The third-order valence-electron chi connectivity index (χ3n) is 6.85. The number of ether oxygens (including phenoxy) is 1. The smallest absolute Gasteiger partial charge is 0.402 e. The molecule has 36 heavy (non-hydrogen) atoms. The molecule has 1 atom stereocenters. The topological polar surface area (TPSA) is 122 Å². The summed E-state index contributed by atoms with van der Waals surface area (Å²) < 4.78 is 7.53. The molecule has 0 aliphatic heterocycles. The van der Waals surface area contributed by atoms with E-state index >= 15 is 0 Å². The molecule has 0 bridgehead atoms. The van der Waals surface area contributed by atoms with Crippen molar-refractivity contribution in [2.45, 2.75) is 57.2 Å². The third kappa shape index (κ3) is 4.71. The maximum atomic E-state index is 13.1. The monoisotopic (exact) mass is 550 g/mol. The number of fused-ring (bicyclic) bond motifs is 2. The van der Waals surface area contributed by atoms with E-state index in [0.717, 1.165) is 39.2 Å². The summed E-state index contributed by atoms with van der Waals surface area (Å²) in [6.07, 6.45) is 1.91. The van der Waals surface area contributed by atoms with Crippen LogP contribution in [0.15, 0.2) is 24.4 Å². The van der Waals surface area contributed by atoms with E-state index in [-0.39, 0.29) is 18.2 Å². The van der Waals surface area contributed by atoms with Gasteiger partial charge in [-0.15, -0.1) is 0 Å². The van der Waals surface area contributed by atoms with Crippen molar-refractivity contribution >= 4 is 44.4 Å². The molecule has 0 fully saturated rings. The number of aromatic nitrogens is 3. The van der Waals surface area contributed by atoms with Crippen LogP contribution in [0.25, 0.3) is 17.0 Å². The van der Waals surface area contributed by atoms with Gasteiger partial charge in [-0.2, -0.15) is 0 Å². The summed E-state index contributed by atoms with van der Waals surface area (Å²) in [5.74, 6) is 1.55. The van der Waals surface area contributed by atoms with Gasteiger partial charge in [0.05, 0.1) is 19.1 Å². The van der Waals surface area contributed by atoms with Crippen molar-refractivity contribution in [3.05, 3.63) is 46.8 Å². The molecule has 0 spiro atoms. The zero-order valence-corrected chi connectivity index (χ0v) is 23.5. The van der Waals surface area contributed by atoms with Gasteiger partial charge in [0.15, 0.2) is 11.3 Å². The summed E-state index contributed by atoms with van der Waals surface area (Å²) >= 11 is 0. The van der Waals surface area contributed by atoms with Crippen LogP contribution in [0.1, 0.15) is 50.1 Å². The zero-order valence-electron chi connectivity index (χ0n) is 21.1. The molecule has 194 valence electrons. The number of nitrogens with zero attached hydrogens (tertiary/aromatic N) is 2. The van der Waals surface area contributed by atoms with Crippen molar-refractivity contribution in [3.63, 3.8) is 0 Å².